The molecule has 0 N–H and O–H groups in total. The van der Waals surface area contributed by atoms with Crippen molar-refractivity contribution < 1.29 is 13.2 Å². The molecule has 0 spiro atoms. The van der Waals surface area contributed by atoms with E-state index in [0.717, 1.165) is 12.2 Å². The summed E-state index contributed by atoms with van der Waals surface area (Å²) >= 11 is 2.90. The number of alkyl halides is 3. The highest BCUT2D eigenvalue weighted by atomic mass is 79.9. The van der Waals surface area contributed by atoms with Gasteiger partial charge in [-0.25, -0.2) is 0 Å². The fraction of sp³-hybridized carbons (Fsp3) is 0.143. The van der Waals surface area contributed by atoms with Crippen LogP contribution in [0, 0.1) is 6.08 Å². The van der Waals surface area contributed by atoms with Gasteiger partial charge >= 0.3 is 6.18 Å². The van der Waals surface area contributed by atoms with Gasteiger partial charge < -0.3 is 0 Å². The summed E-state index contributed by atoms with van der Waals surface area (Å²) in [6, 6.07) is 0. The second-order valence-corrected chi connectivity index (χ2v) is 2.78. The van der Waals surface area contributed by atoms with Crippen LogP contribution in [0.2, 0.25) is 0 Å². The predicted octanol–water partition coefficient (Wildman–Crippen LogP) is 3.13. The van der Waals surface area contributed by atoms with Crippen LogP contribution in [0.1, 0.15) is 0 Å². The Bertz CT molecular complexity index is 245. The Morgan fingerprint density at radius 2 is 2.00 bits per heavy atom. The average Bonchev–Trinajstić information content (AvgIpc) is 1.86. The van der Waals surface area contributed by atoms with Crippen molar-refractivity contribution in [3.8, 4) is 0 Å². The van der Waals surface area contributed by atoms with Crippen molar-refractivity contribution >= 4 is 15.9 Å². The molecule has 0 radical (unpaired) electrons. The third kappa shape index (κ3) is 2.17. The normalized spacial score (nSPS) is 17.1. The Labute approximate surface area is 70.2 Å². The number of halogens is 4. The standard InChI is InChI=1S/C7H3BrF3/c8-6-3-1-2-5(4-6)7(9,10)11/h1-2,4H/q+1. The maximum atomic E-state index is 11.9. The first-order valence-electron chi connectivity index (χ1n) is 2.74. The number of rotatable bonds is 0. The highest BCUT2D eigenvalue weighted by Crippen LogP contribution is 2.30. The molecule has 0 aromatic rings. The van der Waals surface area contributed by atoms with Crippen LogP contribution in [0.25, 0.3) is 0 Å². The van der Waals surface area contributed by atoms with Gasteiger partial charge in [0.05, 0.1) is 18.2 Å². The number of hydrogen-bond donors (Lipinski definition) is 0. The Balaban J connectivity index is 2.93. The summed E-state index contributed by atoms with van der Waals surface area (Å²) in [5.74, 6) is 0. The molecule has 0 aliphatic heterocycles. The smallest absolute Gasteiger partial charge is 0.164 e. The van der Waals surface area contributed by atoms with Crippen molar-refractivity contribution in [3.63, 3.8) is 0 Å². The minimum atomic E-state index is -4.27. The molecule has 0 aromatic carbocycles. The van der Waals surface area contributed by atoms with E-state index >= 15 is 0 Å². The largest absolute Gasteiger partial charge is 0.441 e. The quantitative estimate of drug-likeness (QED) is 0.554. The van der Waals surface area contributed by atoms with E-state index in [4.69, 9.17) is 0 Å². The van der Waals surface area contributed by atoms with Crippen LogP contribution in [0.4, 0.5) is 13.2 Å². The van der Waals surface area contributed by atoms with E-state index in [-0.39, 0.29) is 0 Å². The molecule has 1 aliphatic rings. The van der Waals surface area contributed by atoms with Crippen LogP contribution in [0.3, 0.4) is 0 Å². The maximum absolute atomic E-state index is 11.9. The van der Waals surface area contributed by atoms with Gasteiger partial charge in [0.2, 0.25) is 0 Å². The molecule has 0 nitrogen and oxygen atoms in total. The van der Waals surface area contributed by atoms with Crippen molar-refractivity contribution in [3.05, 3.63) is 34.4 Å². The zero-order chi connectivity index (χ0) is 8.48. The van der Waals surface area contributed by atoms with Crippen LogP contribution < -0.4 is 0 Å². The molecule has 0 bridgehead atoms. The summed E-state index contributed by atoms with van der Waals surface area (Å²) in [7, 11) is 0. The van der Waals surface area contributed by atoms with Crippen LogP contribution in [-0.4, -0.2) is 6.18 Å². The third-order valence-corrected chi connectivity index (χ3v) is 1.55. The van der Waals surface area contributed by atoms with Gasteiger partial charge in [-0.2, -0.15) is 13.2 Å². The Morgan fingerprint density at radius 3 is 2.36 bits per heavy atom. The van der Waals surface area contributed by atoms with Crippen molar-refractivity contribution in [2.45, 2.75) is 6.18 Å². The zero-order valence-corrected chi connectivity index (χ0v) is 6.83. The molecular formula is C7H3BrF3+. The molecule has 4 heteroatoms. The lowest BCUT2D eigenvalue weighted by atomic mass is 10.1. The van der Waals surface area contributed by atoms with Crippen LogP contribution in [0.5, 0.6) is 0 Å². The van der Waals surface area contributed by atoms with Gasteiger partial charge in [-0.15, -0.1) is 0 Å². The molecular weight excluding hydrogens is 221 g/mol. The summed E-state index contributed by atoms with van der Waals surface area (Å²) < 4.78 is 36.1. The maximum Gasteiger partial charge on any atom is 0.441 e. The van der Waals surface area contributed by atoms with Gasteiger partial charge in [0.1, 0.15) is 6.08 Å². The number of allylic oxidation sites excluding steroid dienone is 6. The fourth-order valence-electron chi connectivity index (χ4n) is 0.614. The lowest BCUT2D eigenvalue weighted by Gasteiger charge is -2.02. The molecule has 0 amide bonds. The first-order chi connectivity index (χ1) is 5.00. The molecule has 0 saturated carbocycles. The Morgan fingerprint density at radius 1 is 1.36 bits per heavy atom. The summed E-state index contributed by atoms with van der Waals surface area (Å²) in [6.45, 7) is 0. The minimum absolute atomic E-state index is 0.312. The second kappa shape index (κ2) is 2.80. The zero-order valence-electron chi connectivity index (χ0n) is 5.24. The first-order valence-corrected chi connectivity index (χ1v) is 3.54. The summed E-state index contributed by atoms with van der Waals surface area (Å²) in [5.41, 5.74) is -0.664. The highest BCUT2D eigenvalue weighted by molar-refractivity contribution is 9.11. The van der Waals surface area contributed by atoms with Gasteiger partial charge in [-0.1, -0.05) is 0 Å². The predicted molar refractivity (Wildman–Crippen MR) is 39.0 cm³/mol. The molecule has 0 heterocycles. The monoisotopic (exact) mass is 223 g/mol. The number of hydrogen-bond acceptors (Lipinski definition) is 0. The Kier molecular flexibility index (Phi) is 2.16. The van der Waals surface area contributed by atoms with Crippen molar-refractivity contribution in [1.82, 2.24) is 0 Å². The molecule has 58 valence electrons. The van der Waals surface area contributed by atoms with Crippen LogP contribution in [0.15, 0.2) is 28.3 Å². The summed E-state index contributed by atoms with van der Waals surface area (Å²) in [5, 5.41) is 0. The minimum Gasteiger partial charge on any atom is -0.164 e. The molecule has 0 saturated heterocycles. The molecule has 0 aromatic heterocycles. The van der Waals surface area contributed by atoms with E-state index < -0.39 is 11.7 Å². The highest BCUT2D eigenvalue weighted by Gasteiger charge is 2.37. The third-order valence-electron chi connectivity index (χ3n) is 1.09. The lowest BCUT2D eigenvalue weighted by Crippen LogP contribution is -2.10. The van der Waals surface area contributed by atoms with E-state index in [9.17, 15) is 13.2 Å². The fourth-order valence-corrected chi connectivity index (χ4v) is 0.992. The molecule has 0 atom stereocenters. The van der Waals surface area contributed by atoms with Crippen molar-refractivity contribution in [2.24, 2.45) is 0 Å². The molecule has 0 unspecified atom stereocenters. The van der Waals surface area contributed by atoms with Crippen LogP contribution >= 0.6 is 15.9 Å². The van der Waals surface area contributed by atoms with E-state index in [0.29, 0.717) is 4.48 Å². The molecule has 1 aliphatic carbocycles. The summed E-state index contributed by atoms with van der Waals surface area (Å²) in [6.07, 6.45) is 1.49. The van der Waals surface area contributed by atoms with Gasteiger partial charge in [0.25, 0.3) is 0 Å². The van der Waals surface area contributed by atoms with Gasteiger partial charge in [-0.3, -0.25) is 0 Å². The molecule has 0 fully saturated rings. The van der Waals surface area contributed by atoms with Gasteiger partial charge in [-0.05, 0) is 15.9 Å². The van der Waals surface area contributed by atoms with Crippen molar-refractivity contribution in [2.75, 3.05) is 0 Å². The van der Waals surface area contributed by atoms with E-state index in [1.807, 2.05) is 0 Å². The van der Waals surface area contributed by atoms with E-state index in [1.165, 1.54) is 6.08 Å². The SMILES string of the molecule is FC(F)(F)C1=CC(Br)=[C+]C=C1. The average molecular weight is 224 g/mol. The van der Waals surface area contributed by atoms with Crippen LogP contribution in [-0.2, 0) is 0 Å². The van der Waals surface area contributed by atoms with Crippen molar-refractivity contribution in [1.29, 1.82) is 0 Å². The Hall–Kier alpha value is -0.600. The van der Waals surface area contributed by atoms with E-state index in [2.05, 4.69) is 22.0 Å². The molecule has 1 rings (SSSR count). The van der Waals surface area contributed by atoms with Gasteiger partial charge in [0.15, 0.2) is 10.1 Å². The first kappa shape index (κ1) is 8.50. The van der Waals surface area contributed by atoms with Gasteiger partial charge in [0, 0.05) is 0 Å². The lowest BCUT2D eigenvalue weighted by molar-refractivity contribution is -0.0882. The molecule has 11 heavy (non-hydrogen) atoms. The topological polar surface area (TPSA) is 0 Å². The van der Waals surface area contributed by atoms with E-state index in [1.54, 1.807) is 0 Å². The summed E-state index contributed by atoms with van der Waals surface area (Å²) in [4.78, 5) is 0. The second-order valence-electron chi connectivity index (χ2n) is 1.92.